The fourth-order valence-corrected chi connectivity index (χ4v) is 3.34. The lowest BCUT2D eigenvalue weighted by Gasteiger charge is -2.34. The first kappa shape index (κ1) is 20.2. The molecule has 1 aromatic rings. The van der Waals surface area contributed by atoms with Gasteiger partial charge in [-0.15, -0.1) is 0 Å². The van der Waals surface area contributed by atoms with E-state index < -0.39 is 30.1 Å². The van der Waals surface area contributed by atoms with Crippen molar-refractivity contribution < 1.29 is 33.7 Å². The highest BCUT2D eigenvalue weighted by Crippen LogP contribution is 2.23. The van der Waals surface area contributed by atoms with Crippen LogP contribution in [0.2, 0.25) is 0 Å². The monoisotopic (exact) mass is 392 g/mol. The van der Waals surface area contributed by atoms with Crippen LogP contribution in [0.25, 0.3) is 0 Å². The number of carboxylic acid groups (broad SMARTS) is 1. The summed E-state index contributed by atoms with van der Waals surface area (Å²) in [6, 6.07) is 7.56. The van der Waals surface area contributed by atoms with Gasteiger partial charge in [0.1, 0.15) is 0 Å². The smallest absolute Gasteiger partial charge is 0.348 e. The second-order valence-corrected chi connectivity index (χ2v) is 6.71. The first-order chi connectivity index (χ1) is 13.5. The fraction of sp³-hybridized carbons (Fsp3) is 0.526. The summed E-state index contributed by atoms with van der Waals surface area (Å²) in [5, 5.41) is 9.33. The zero-order chi connectivity index (χ0) is 20.1. The Balaban J connectivity index is 1.75. The molecule has 9 nitrogen and oxygen atoms in total. The van der Waals surface area contributed by atoms with Crippen molar-refractivity contribution in [3.05, 3.63) is 29.8 Å². The Labute approximate surface area is 162 Å². The molecule has 3 rings (SSSR count). The second kappa shape index (κ2) is 9.13. The topological polar surface area (TPSA) is 106 Å². The molecule has 0 saturated carbocycles. The van der Waals surface area contributed by atoms with Crippen LogP contribution < -0.4 is 4.90 Å². The molecule has 152 valence electrons. The van der Waals surface area contributed by atoms with E-state index in [0.717, 1.165) is 32.1 Å². The maximum atomic E-state index is 12.9. The summed E-state index contributed by atoms with van der Waals surface area (Å²) in [6.07, 6.45) is -3.05. The van der Waals surface area contributed by atoms with E-state index in [1.807, 2.05) is 18.2 Å². The molecule has 2 fully saturated rings. The number of nitrogens with zero attached hydrogens (tertiary/aromatic N) is 2. The van der Waals surface area contributed by atoms with Gasteiger partial charge in [0.2, 0.25) is 6.10 Å². The van der Waals surface area contributed by atoms with Crippen LogP contribution in [0.15, 0.2) is 24.3 Å². The lowest BCUT2D eigenvalue weighted by Crippen LogP contribution is -2.55. The summed E-state index contributed by atoms with van der Waals surface area (Å²) in [5.74, 6) is -2.74. The molecule has 1 aromatic carbocycles. The molecule has 0 bridgehead atoms. The van der Waals surface area contributed by atoms with Crippen molar-refractivity contribution in [2.24, 2.45) is 0 Å². The lowest BCUT2D eigenvalue weighted by atomic mass is 10.1. The average Bonchev–Trinajstić information content (AvgIpc) is 2.67. The van der Waals surface area contributed by atoms with Crippen LogP contribution in [-0.4, -0.2) is 79.5 Å². The van der Waals surface area contributed by atoms with Gasteiger partial charge in [0.25, 0.3) is 5.91 Å². The third-order valence-electron chi connectivity index (χ3n) is 4.67. The predicted octanol–water partition coefficient (Wildman–Crippen LogP) is 0.267. The number of carbonyl (C=O) groups is 3. The maximum Gasteiger partial charge on any atom is 0.348 e. The average molecular weight is 392 g/mol. The van der Waals surface area contributed by atoms with E-state index >= 15 is 0 Å². The summed E-state index contributed by atoms with van der Waals surface area (Å²) in [4.78, 5) is 39.3. The molecule has 0 spiro atoms. The van der Waals surface area contributed by atoms with E-state index in [1.165, 1.54) is 4.90 Å². The highest BCUT2D eigenvalue weighted by molar-refractivity contribution is 6.00. The van der Waals surface area contributed by atoms with Gasteiger partial charge in [-0.3, -0.25) is 14.5 Å². The van der Waals surface area contributed by atoms with Gasteiger partial charge in [0.15, 0.2) is 6.10 Å². The van der Waals surface area contributed by atoms with Crippen molar-refractivity contribution in [3.63, 3.8) is 0 Å². The molecular formula is C19H24N2O7. The number of carboxylic acids is 1. The van der Waals surface area contributed by atoms with E-state index in [0.29, 0.717) is 25.4 Å². The highest BCUT2D eigenvalue weighted by Gasteiger charge is 2.42. The molecule has 2 heterocycles. The van der Waals surface area contributed by atoms with Gasteiger partial charge in [-0.1, -0.05) is 12.1 Å². The molecule has 2 atom stereocenters. The number of amides is 1. The number of hydrogen-bond acceptors (Lipinski definition) is 7. The van der Waals surface area contributed by atoms with E-state index in [-0.39, 0.29) is 6.61 Å². The number of carbonyl (C=O) groups excluding carboxylic acids is 2. The van der Waals surface area contributed by atoms with E-state index in [1.54, 1.807) is 6.07 Å². The molecule has 0 aliphatic carbocycles. The number of rotatable bonds is 6. The van der Waals surface area contributed by atoms with Gasteiger partial charge >= 0.3 is 11.9 Å². The lowest BCUT2D eigenvalue weighted by molar-refractivity contribution is -0.177. The third kappa shape index (κ3) is 4.86. The Hall–Kier alpha value is -2.49. The van der Waals surface area contributed by atoms with Crippen molar-refractivity contribution in [2.75, 3.05) is 44.4 Å². The summed E-state index contributed by atoms with van der Waals surface area (Å²) < 4.78 is 15.5. The van der Waals surface area contributed by atoms with E-state index in [9.17, 15) is 19.5 Å². The summed E-state index contributed by atoms with van der Waals surface area (Å²) in [5.41, 5.74) is 1.71. The number of aliphatic carboxylic acids is 1. The maximum absolute atomic E-state index is 12.9. The molecule has 28 heavy (non-hydrogen) atoms. The zero-order valence-electron chi connectivity index (χ0n) is 15.7. The van der Waals surface area contributed by atoms with Gasteiger partial charge in [0, 0.05) is 38.8 Å². The van der Waals surface area contributed by atoms with Crippen LogP contribution in [0.4, 0.5) is 5.69 Å². The molecule has 0 aromatic heterocycles. The molecule has 1 amide bonds. The molecule has 2 saturated heterocycles. The Morgan fingerprint density at radius 1 is 1.25 bits per heavy atom. The van der Waals surface area contributed by atoms with Crippen molar-refractivity contribution in [2.45, 2.75) is 25.7 Å². The number of benzene rings is 1. The standard InChI is InChI=1S/C19H24N2O7/c1-13(22)28-17(19(24)25)16-18(23)21(7-10-27-16)15-4-2-3-14(11-15)12-20-5-8-26-9-6-20/h2-4,11,16-17H,5-10,12H2,1H3,(H,24,25). The minimum atomic E-state index is -1.68. The Bertz CT molecular complexity index is 733. The van der Waals surface area contributed by atoms with E-state index in [4.69, 9.17) is 14.2 Å². The largest absolute Gasteiger partial charge is 0.478 e. The van der Waals surface area contributed by atoms with Crippen molar-refractivity contribution >= 4 is 23.5 Å². The molecular weight excluding hydrogens is 368 g/mol. The molecule has 9 heteroatoms. The first-order valence-electron chi connectivity index (χ1n) is 9.18. The normalized spacial score (nSPS) is 22.0. The van der Waals surface area contributed by atoms with Gasteiger partial charge in [0.05, 0.1) is 19.8 Å². The Kier molecular flexibility index (Phi) is 6.61. The van der Waals surface area contributed by atoms with Crippen LogP contribution in [0.3, 0.4) is 0 Å². The van der Waals surface area contributed by atoms with Gasteiger partial charge < -0.3 is 24.2 Å². The fourth-order valence-electron chi connectivity index (χ4n) is 3.34. The zero-order valence-corrected chi connectivity index (χ0v) is 15.7. The highest BCUT2D eigenvalue weighted by atomic mass is 16.6. The predicted molar refractivity (Wildman–Crippen MR) is 97.8 cm³/mol. The summed E-state index contributed by atoms with van der Waals surface area (Å²) in [6.45, 7) is 5.39. The van der Waals surface area contributed by atoms with Crippen molar-refractivity contribution in [1.82, 2.24) is 4.90 Å². The molecule has 2 aliphatic rings. The first-order valence-corrected chi connectivity index (χ1v) is 9.18. The quantitative estimate of drug-likeness (QED) is 0.688. The van der Waals surface area contributed by atoms with Crippen LogP contribution in [0.1, 0.15) is 12.5 Å². The molecule has 1 N–H and O–H groups in total. The third-order valence-corrected chi connectivity index (χ3v) is 4.67. The number of morpholine rings is 2. The van der Waals surface area contributed by atoms with E-state index in [2.05, 4.69) is 4.90 Å². The number of hydrogen-bond donors (Lipinski definition) is 1. The van der Waals surface area contributed by atoms with Crippen LogP contribution >= 0.6 is 0 Å². The van der Waals surface area contributed by atoms with Crippen LogP contribution in [-0.2, 0) is 35.1 Å². The summed E-state index contributed by atoms with van der Waals surface area (Å²) >= 11 is 0. The van der Waals surface area contributed by atoms with Gasteiger partial charge in [-0.2, -0.15) is 0 Å². The van der Waals surface area contributed by atoms with Crippen molar-refractivity contribution in [1.29, 1.82) is 0 Å². The second-order valence-electron chi connectivity index (χ2n) is 6.71. The molecule has 2 unspecified atom stereocenters. The molecule has 2 aliphatic heterocycles. The Morgan fingerprint density at radius 3 is 2.68 bits per heavy atom. The van der Waals surface area contributed by atoms with Crippen molar-refractivity contribution in [3.8, 4) is 0 Å². The number of esters is 1. The minimum Gasteiger partial charge on any atom is -0.478 e. The molecule has 0 radical (unpaired) electrons. The van der Waals surface area contributed by atoms with Crippen LogP contribution in [0.5, 0.6) is 0 Å². The number of anilines is 1. The summed E-state index contributed by atoms with van der Waals surface area (Å²) in [7, 11) is 0. The minimum absolute atomic E-state index is 0.148. The van der Waals surface area contributed by atoms with Crippen LogP contribution in [0, 0.1) is 0 Å². The number of ether oxygens (including phenoxy) is 3. The van der Waals surface area contributed by atoms with Gasteiger partial charge in [-0.05, 0) is 17.7 Å². The SMILES string of the molecule is CC(=O)OC(C(=O)O)C1OCCN(c2cccc(CN3CCOCC3)c2)C1=O. The Morgan fingerprint density at radius 2 is 2.00 bits per heavy atom. The van der Waals surface area contributed by atoms with Gasteiger partial charge in [-0.25, -0.2) is 4.79 Å².